The minimum Gasteiger partial charge on any atom is -0.314 e. The van der Waals surface area contributed by atoms with Crippen LogP contribution in [0.25, 0.3) is 0 Å². The maximum Gasteiger partial charge on any atom is 0.151 e. The molecule has 1 aliphatic heterocycles. The Morgan fingerprint density at radius 1 is 1.24 bits per heavy atom. The summed E-state index contributed by atoms with van der Waals surface area (Å²) in [6.45, 7) is 8.93. The lowest BCUT2D eigenvalue weighted by Crippen LogP contribution is -2.50. The maximum absolute atomic E-state index is 11.7. The molecule has 0 spiro atoms. The molecule has 2 fully saturated rings. The van der Waals surface area contributed by atoms with Crippen molar-refractivity contribution in [2.45, 2.75) is 52.1 Å². The summed E-state index contributed by atoms with van der Waals surface area (Å²) in [6, 6.07) is 0.804. The molecule has 2 aliphatic rings. The SMILES string of the molecule is CCNC1CC(C)CC(C)C1CN(C)C1CCS(=O)(=O)C1. The van der Waals surface area contributed by atoms with Crippen LogP contribution in [0.5, 0.6) is 0 Å². The topological polar surface area (TPSA) is 49.4 Å². The van der Waals surface area contributed by atoms with Crippen LogP contribution in [0.15, 0.2) is 0 Å². The van der Waals surface area contributed by atoms with Gasteiger partial charge in [0.1, 0.15) is 0 Å². The van der Waals surface area contributed by atoms with E-state index in [-0.39, 0.29) is 6.04 Å². The van der Waals surface area contributed by atoms with Gasteiger partial charge in [0.05, 0.1) is 11.5 Å². The molecule has 1 N–H and O–H groups in total. The Balaban J connectivity index is 1.98. The van der Waals surface area contributed by atoms with Gasteiger partial charge in [0, 0.05) is 18.6 Å². The molecule has 5 heteroatoms. The van der Waals surface area contributed by atoms with E-state index in [0.717, 1.165) is 25.4 Å². The van der Waals surface area contributed by atoms with Gasteiger partial charge in [-0.25, -0.2) is 8.42 Å². The van der Waals surface area contributed by atoms with E-state index in [1.54, 1.807) is 0 Å². The summed E-state index contributed by atoms with van der Waals surface area (Å²) in [6.07, 6.45) is 3.35. The second-order valence-electron chi connectivity index (χ2n) is 7.38. The van der Waals surface area contributed by atoms with Crippen molar-refractivity contribution in [2.75, 3.05) is 31.6 Å². The zero-order valence-electron chi connectivity index (χ0n) is 14.0. The fourth-order valence-electron chi connectivity index (χ4n) is 4.32. The number of hydrogen-bond donors (Lipinski definition) is 1. The van der Waals surface area contributed by atoms with Crippen LogP contribution >= 0.6 is 0 Å². The second-order valence-corrected chi connectivity index (χ2v) is 9.61. The molecule has 1 heterocycles. The lowest BCUT2D eigenvalue weighted by Gasteiger charge is -2.42. The average molecular weight is 317 g/mol. The van der Waals surface area contributed by atoms with Crippen molar-refractivity contribution in [3.63, 3.8) is 0 Å². The van der Waals surface area contributed by atoms with Gasteiger partial charge in [-0.15, -0.1) is 0 Å². The molecule has 0 aromatic heterocycles. The van der Waals surface area contributed by atoms with Crippen molar-refractivity contribution in [3.8, 4) is 0 Å². The Morgan fingerprint density at radius 2 is 1.95 bits per heavy atom. The zero-order valence-corrected chi connectivity index (χ0v) is 14.8. The third-order valence-electron chi connectivity index (χ3n) is 5.48. The molecule has 1 aliphatic carbocycles. The van der Waals surface area contributed by atoms with Crippen LogP contribution in [0.4, 0.5) is 0 Å². The van der Waals surface area contributed by atoms with Crippen molar-refractivity contribution in [1.29, 1.82) is 0 Å². The van der Waals surface area contributed by atoms with E-state index in [2.05, 4.69) is 38.0 Å². The van der Waals surface area contributed by atoms with E-state index in [1.807, 2.05) is 0 Å². The van der Waals surface area contributed by atoms with E-state index in [9.17, 15) is 8.42 Å². The highest BCUT2D eigenvalue weighted by atomic mass is 32.2. The van der Waals surface area contributed by atoms with Crippen LogP contribution < -0.4 is 5.32 Å². The average Bonchev–Trinajstić information content (AvgIpc) is 2.74. The molecule has 5 atom stereocenters. The van der Waals surface area contributed by atoms with Gasteiger partial charge in [-0.1, -0.05) is 20.8 Å². The Bertz CT molecular complexity index is 438. The second kappa shape index (κ2) is 6.97. The van der Waals surface area contributed by atoms with Crippen LogP contribution in [0.3, 0.4) is 0 Å². The van der Waals surface area contributed by atoms with Crippen LogP contribution in [0.1, 0.15) is 40.0 Å². The van der Waals surface area contributed by atoms with Crippen molar-refractivity contribution < 1.29 is 8.42 Å². The number of sulfone groups is 1. The van der Waals surface area contributed by atoms with Gasteiger partial charge in [0.15, 0.2) is 9.84 Å². The van der Waals surface area contributed by atoms with Gasteiger partial charge >= 0.3 is 0 Å². The quantitative estimate of drug-likeness (QED) is 0.840. The van der Waals surface area contributed by atoms with Crippen molar-refractivity contribution in [3.05, 3.63) is 0 Å². The molecule has 0 radical (unpaired) electrons. The molecule has 5 unspecified atom stereocenters. The molecule has 0 amide bonds. The Hall–Kier alpha value is -0.130. The predicted molar refractivity (Wildman–Crippen MR) is 88.2 cm³/mol. The summed E-state index contributed by atoms with van der Waals surface area (Å²) < 4.78 is 23.3. The fourth-order valence-corrected chi connectivity index (χ4v) is 6.12. The van der Waals surface area contributed by atoms with E-state index >= 15 is 0 Å². The molecule has 1 saturated carbocycles. The van der Waals surface area contributed by atoms with Crippen LogP contribution in [0, 0.1) is 17.8 Å². The molecule has 1 saturated heterocycles. The van der Waals surface area contributed by atoms with Crippen LogP contribution in [0.2, 0.25) is 0 Å². The highest BCUT2D eigenvalue weighted by Crippen LogP contribution is 2.35. The minimum atomic E-state index is -2.78. The van der Waals surface area contributed by atoms with E-state index in [1.165, 1.54) is 12.8 Å². The predicted octanol–water partition coefficient (Wildman–Crippen LogP) is 1.77. The summed E-state index contributed by atoms with van der Waals surface area (Å²) in [4.78, 5) is 2.31. The van der Waals surface area contributed by atoms with E-state index in [4.69, 9.17) is 0 Å². The lowest BCUT2D eigenvalue weighted by molar-refractivity contribution is 0.0991. The third kappa shape index (κ3) is 4.42. The van der Waals surface area contributed by atoms with Gasteiger partial charge < -0.3 is 10.2 Å². The van der Waals surface area contributed by atoms with Gasteiger partial charge in [0.25, 0.3) is 0 Å². The number of nitrogens with one attached hydrogen (secondary N) is 1. The first-order valence-electron chi connectivity index (χ1n) is 8.46. The van der Waals surface area contributed by atoms with Crippen molar-refractivity contribution in [2.24, 2.45) is 17.8 Å². The molecule has 124 valence electrons. The first-order chi connectivity index (χ1) is 9.82. The first kappa shape index (κ1) is 17.2. The number of nitrogens with zero attached hydrogens (tertiary/aromatic N) is 1. The summed E-state index contributed by atoms with van der Waals surface area (Å²) in [5.74, 6) is 2.85. The Morgan fingerprint density at radius 3 is 2.52 bits per heavy atom. The van der Waals surface area contributed by atoms with Crippen molar-refractivity contribution in [1.82, 2.24) is 10.2 Å². The fraction of sp³-hybridized carbons (Fsp3) is 1.00. The van der Waals surface area contributed by atoms with Crippen LogP contribution in [-0.2, 0) is 9.84 Å². The molecule has 4 nitrogen and oxygen atoms in total. The Labute approximate surface area is 130 Å². The number of rotatable bonds is 5. The summed E-state index contributed by atoms with van der Waals surface area (Å²) >= 11 is 0. The molecular weight excluding hydrogens is 284 g/mol. The number of hydrogen-bond acceptors (Lipinski definition) is 4. The summed E-state index contributed by atoms with van der Waals surface area (Å²) in [5.41, 5.74) is 0. The highest BCUT2D eigenvalue weighted by molar-refractivity contribution is 7.91. The summed E-state index contributed by atoms with van der Waals surface area (Å²) in [5, 5.41) is 3.66. The van der Waals surface area contributed by atoms with Gasteiger partial charge in [-0.2, -0.15) is 0 Å². The van der Waals surface area contributed by atoms with Crippen molar-refractivity contribution >= 4 is 9.84 Å². The third-order valence-corrected chi connectivity index (χ3v) is 7.23. The normalized spacial score (nSPS) is 39.8. The maximum atomic E-state index is 11.7. The van der Waals surface area contributed by atoms with Gasteiger partial charge in [0.2, 0.25) is 0 Å². The molecular formula is C16H32N2O2S. The summed E-state index contributed by atoms with van der Waals surface area (Å²) in [7, 11) is -0.674. The minimum absolute atomic E-state index is 0.226. The lowest BCUT2D eigenvalue weighted by atomic mass is 9.72. The Kier molecular flexibility index (Phi) is 5.71. The molecule has 2 rings (SSSR count). The molecule has 0 aromatic rings. The zero-order chi connectivity index (χ0) is 15.6. The highest BCUT2D eigenvalue weighted by Gasteiger charge is 2.37. The standard InChI is InChI=1S/C16H32N2O2S/c1-5-17-16-9-12(2)8-13(3)15(16)10-18(4)14-6-7-21(19,20)11-14/h12-17H,5-11H2,1-4H3. The first-order valence-corrected chi connectivity index (χ1v) is 10.3. The molecule has 21 heavy (non-hydrogen) atoms. The van der Waals surface area contributed by atoms with E-state index < -0.39 is 9.84 Å². The smallest absolute Gasteiger partial charge is 0.151 e. The van der Waals surface area contributed by atoms with Gasteiger partial charge in [-0.05, 0) is 50.6 Å². The van der Waals surface area contributed by atoms with Gasteiger partial charge in [-0.3, -0.25) is 0 Å². The molecule has 0 bridgehead atoms. The van der Waals surface area contributed by atoms with E-state index in [0.29, 0.717) is 29.4 Å². The monoisotopic (exact) mass is 316 g/mol. The van der Waals surface area contributed by atoms with Crippen LogP contribution in [-0.4, -0.2) is 57.0 Å². The largest absolute Gasteiger partial charge is 0.314 e. The molecule has 0 aromatic carbocycles.